The average molecular weight is 459 g/mol. The fraction of sp³-hybridized carbons (Fsp3) is 0.269. The molecule has 1 fully saturated rings. The van der Waals surface area contributed by atoms with E-state index in [2.05, 4.69) is 20.5 Å². The fourth-order valence-corrected chi connectivity index (χ4v) is 5.37. The number of aromatic nitrogens is 1. The Hall–Kier alpha value is -3.29. The number of hydrogen-bond acceptors (Lipinski definition) is 5. The molecule has 5 rings (SSSR count). The summed E-state index contributed by atoms with van der Waals surface area (Å²) in [6.45, 7) is 3.80. The van der Waals surface area contributed by atoms with Gasteiger partial charge < -0.3 is 10.6 Å². The minimum atomic E-state index is -0.0597. The average Bonchev–Trinajstić information content (AvgIpc) is 3.23. The molecule has 1 saturated heterocycles. The van der Waals surface area contributed by atoms with Crippen LogP contribution >= 0.6 is 11.3 Å². The number of anilines is 2. The van der Waals surface area contributed by atoms with E-state index in [1.54, 1.807) is 0 Å². The van der Waals surface area contributed by atoms with E-state index in [1.165, 1.54) is 11.3 Å². The number of fused-ring (bicyclic) bond motifs is 2. The van der Waals surface area contributed by atoms with E-state index in [0.717, 1.165) is 58.2 Å². The smallest absolute Gasteiger partial charge is 0.238 e. The molecule has 2 heterocycles. The molecule has 0 saturated carbocycles. The van der Waals surface area contributed by atoms with Crippen molar-refractivity contribution >= 4 is 55.0 Å². The van der Waals surface area contributed by atoms with Crippen LogP contribution in [0.3, 0.4) is 0 Å². The number of rotatable bonds is 5. The number of thiazole rings is 1. The van der Waals surface area contributed by atoms with Crippen molar-refractivity contribution in [2.24, 2.45) is 5.92 Å². The third-order valence-corrected chi connectivity index (χ3v) is 7.18. The minimum Gasteiger partial charge on any atom is -0.324 e. The molecule has 0 radical (unpaired) electrons. The first-order valence-corrected chi connectivity index (χ1v) is 12.1. The SMILES string of the molecule is Cc1cccc2sc(NC(=O)C3CCN(CC(=O)Nc4cccc5ccccc45)CC3)nc12. The Morgan fingerprint density at radius 1 is 1.00 bits per heavy atom. The van der Waals surface area contributed by atoms with Gasteiger partial charge >= 0.3 is 0 Å². The molecule has 6 nitrogen and oxygen atoms in total. The van der Waals surface area contributed by atoms with Crippen molar-refractivity contribution in [1.29, 1.82) is 0 Å². The normalized spacial score (nSPS) is 15.1. The van der Waals surface area contributed by atoms with Gasteiger partial charge in [0.2, 0.25) is 11.8 Å². The van der Waals surface area contributed by atoms with E-state index in [9.17, 15) is 9.59 Å². The van der Waals surface area contributed by atoms with Gasteiger partial charge in [0.25, 0.3) is 0 Å². The number of hydrogen-bond donors (Lipinski definition) is 2. The maximum atomic E-state index is 12.8. The van der Waals surface area contributed by atoms with E-state index in [1.807, 2.05) is 67.6 Å². The molecule has 0 bridgehead atoms. The van der Waals surface area contributed by atoms with Crippen LogP contribution in [0.25, 0.3) is 21.0 Å². The highest BCUT2D eigenvalue weighted by molar-refractivity contribution is 7.22. The van der Waals surface area contributed by atoms with E-state index in [4.69, 9.17) is 0 Å². The Bertz CT molecular complexity index is 1320. The third kappa shape index (κ3) is 4.74. The van der Waals surface area contributed by atoms with Gasteiger partial charge in [-0.25, -0.2) is 4.98 Å². The Balaban J connectivity index is 1.14. The molecule has 0 atom stereocenters. The van der Waals surface area contributed by atoms with Gasteiger partial charge in [-0.05, 0) is 55.9 Å². The number of aryl methyl sites for hydroxylation is 1. The van der Waals surface area contributed by atoms with Gasteiger partial charge in [-0.3, -0.25) is 14.5 Å². The lowest BCUT2D eigenvalue weighted by molar-refractivity contribution is -0.121. The zero-order valence-electron chi connectivity index (χ0n) is 18.5. The molecule has 0 unspecified atom stereocenters. The lowest BCUT2D eigenvalue weighted by Crippen LogP contribution is -2.41. The second kappa shape index (κ2) is 9.29. The van der Waals surface area contributed by atoms with Crippen molar-refractivity contribution in [3.05, 3.63) is 66.2 Å². The van der Waals surface area contributed by atoms with Crippen molar-refractivity contribution < 1.29 is 9.59 Å². The standard InChI is InChI=1S/C26H26N4O2S/c1-17-6-4-11-22-24(17)28-26(33-22)29-25(32)19-12-14-30(15-13-19)16-23(31)27-21-10-5-8-18-7-2-3-9-20(18)21/h2-11,19H,12-16H2,1H3,(H,27,31)(H,28,29,32). The molecule has 4 aromatic rings. The number of nitrogens with one attached hydrogen (secondary N) is 2. The maximum Gasteiger partial charge on any atom is 0.238 e. The number of piperidine rings is 1. The van der Waals surface area contributed by atoms with E-state index in [0.29, 0.717) is 11.7 Å². The van der Waals surface area contributed by atoms with Crippen LogP contribution in [0, 0.1) is 12.8 Å². The summed E-state index contributed by atoms with van der Waals surface area (Å²) in [5.74, 6) is -0.0684. The van der Waals surface area contributed by atoms with Crippen LogP contribution in [0.2, 0.25) is 0 Å². The molecule has 2 amide bonds. The molecular formula is C26H26N4O2S. The van der Waals surface area contributed by atoms with Crippen LogP contribution < -0.4 is 10.6 Å². The monoisotopic (exact) mass is 458 g/mol. The number of nitrogens with zero attached hydrogens (tertiary/aromatic N) is 2. The summed E-state index contributed by atoms with van der Waals surface area (Å²) >= 11 is 1.51. The summed E-state index contributed by atoms with van der Waals surface area (Å²) in [6.07, 6.45) is 1.47. The van der Waals surface area contributed by atoms with E-state index in [-0.39, 0.29) is 17.7 Å². The zero-order chi connectivity index (χ0) is 22.8. The summed E-state index contributed by atoms with van der Waals surface area (Å²) in [7, 11) is 0. The van der Waals surface area contributed by atoms with Crippen molar-refractivity contribution in [1.82, 2.24) is 9.88 Å². The number of benzene rings is 3. The highest BCUT2D eigenvalue weighted by Crippen LogP contribution is 2.29. The molecular weight excluding hydrogens is 432 g/mol. The first-order valence-electron chi connectivity index (χ1n) is 11.2. The number of carbonyl (C=O) groups is 2. The van der Waals surface area contributed by atoms with Gasteiger partial charge in [0.05, 0.1) is 16.8 Å². The summed E-state index contributed by atoms with van der Waals surface area (Å²) < 4.78 is 1.08. The molecule has 3 aromatic carbocycles. The molecule has 1 aliphatic heterocycles. The van der Waals surface area contributed by atoms with Gasteiger partial charge in [-0.2, -0.15) is 0 Å². The lowest BCUT2D eigenvalue weighted by Gasteiger charge is -2.30. The van der Waals surface area contributed by atoms with Gasteiger partial charge in [0.15, 0.2) is 5.13 Å². The quantitative estimate of drug-likeness (QED) is 0.439. The summed E-state index contributed by atoms with van der Waals surface area (Å²) in [5.41, 5.74) is 2.89. The Kier molecular flexibility index (Phi) is 6.07. The number of amides is 2. The van der Waals surface area contributed by atoms with Crippen molar-refractivity contribution in [2.45, 2.75) is 19.8 Å². The van der Waals surface area contributed by atoms with Crippen LogP contribution in [0.4, 0.5) is 10.8 Å². The summed E-state index contributed by atoms with van der Waals surface area (Å²) in [5, 5.41) is 8.85. The van der Waals surface area contributed by atoms with Gasteiger partial charge in [-0.15, -0.1) is 0 Å². The van der Waals surface area contributed by atoms with Crippen LogP contribution in [0.1, 0.15) is 18.4 Å². The molecule has 168 valence electrons. The zero-order valence-corrected chi connectivity index (χ0v) is 19.3. The van der Waals surface area contributed by atoms with Crippen molar-refractivity contribution in [3.63, 3.8) is 0 Å². The van der Waals surface area contributed by atoms with Crippen LogP contribution in [0.15, 0.2) is 60.7 Å². The van der Waals surface area contributed by atoms with Crippen LogP contribution in [-0.4, -0.2) is 41.3 Å². The van der Waals surface area contributed by atoms with Gasteiger partial charge in [0.1, 0.15) is 0 Å². The first kappa shape index (κ1) is 21.6. The second-order valence-electron chi connectivity index (χ2n) is 8.56. The Morgan fingerprint density at radius 2 is 1.76 bits per heavy atom. The number of likely N-dealkylation sites (tertiary alicyclic amines) is 1. The maximum absolute atomic E-state index is 12.8. The van der Waals surface area contributed by atoms with Gasteiger partial charge in [-0.1, -0.05) is 59.9 Å². The highest BCUT2D eigenvalue weighted by atomic mass is 32.1. The molecule has 1 aliphatic rings. The first-order chi connectivity index (χ1) is 16.1. The topological polar surface area (TPSA) is 74.3 Å². The molecule has 1 aromatic heterocycles. The lowest BCUT2D eigenvalue weighted by atomic mass is 9.96. The second-order valence-corrected chi connectivity index (χ2v) is 9.59. The molecule has 0 spiro atoms. The van der Waals surface area contributed by atoms with Crippen molar-refractivity contribution in [3.8, 4) is 0 Å². The van der Waals surface area contributed by atoms with Gasteiger partial charge in [0, 0.05) is 17.0 Å². The molecule has 7 heteroatoms. The predicted molar refractivity (Wildman–Crippen MR) is 135 cm³/mol. The molecule has 2 N–H and O–H groups in total. The summed E-state index contributed by atoms with van der Waals surface area (Å²) in [6, 6.07) is 20.0. The highest BCUT2D eigenvalue weighted by Gasteiger charge is 2.26. The van der Waals surface area contributed by atoms with Crippen molar-refractivity contribution in [2.75, 3.05) is 30.3 Å². The minimum absolute atomic E-state index is 0.0200. The molecule has 0 aliphatic carbocycles. The Morgan fingerprint density at radius 3 is 2.58 bits per heavy atom. The van der Waals surface area contributed by atoms with E-state index >= 15 is 0 Å². The van der Waals surface area contributed by atoms with Crippen LogP contribution in [-0.2, 0) is 9.59 Å². The van der Waals surface area contributed by atoms with Crippen LogP contribution in [0.5, 0.6) is 0 Å². The number of para-hydroxylation sites is 1. The fourth-order valence-electron chi connectivity index (χ4n) is 4.43. The van der Waals surface area contributed by atoms with E-state index < -0.39 is 0 Å². The Labute approximate surface area is 196 Å². The predicted octanol–water partition coefficient (Wildman–Crippen LogP) is 5.05. The summed E-state index contributed by atoms with van der Waals surface area (Å²) in [4.78, 5) is 32.1. The molecule has 33 heavy (non-hydrogen) atoms. The third-order valence-electron chi connectivity index (χ3n) is 6.24. The largest absolute Gasteiger partial charge is 0.324 e. The number of carbonyl (C=O) groups excluding carboxylic acids is 2.